The summed E-state index contributed by atoms with van der Waals surface area (Å²) in [6.45, 7) is 0. The van der Waals surface area contributed by atoms with Gasteiger partial charge in [-0.15, -0.1) is 0 Å². The predicted molar refractivity (Wildman–Crippen MR) is 68.9 cm³/mol. The molecule has 0 aliphatic carbocycles. The van der Waals surface area contributed by atoms with Crippen LogP contribution in [0.4, 0.5) is 0 Å². The summed E-state index contributed by atoms with van der Waals surface area (Å²) in [6.07, 6.45) is 0. The first kappa shape index (κ1) is 10.3. The highest BCUT2D eigenvalue weighted by Crippen LogP contribution is 2.25. The molecule has 3 aromatic rings. The van der Waals surface area contributed by atoms with Gasteiger partial charge in [0.15, 0.2) is 5.82 Å². The lowest BCUT2D eigenvalue weighted by Gasteiger charge is -2.01. The Morgan fingerprint density at radius 2 is 1.94 bits per heavy atom. The lowest BCUT2D eigenvalue weighted by molar-refractivity contribution is 1.09. The molecular formula is C12H8BrN3O. The van der Waals surface area contributed by atoms with Crippen molar-refractivity contribution in [3.63, 3.8) is 0 Å². The number of benzene rings is 1. The Hall–Kier alpha value is -1.88. The maximum atomic E-state index is 11.8. The zero-order chi connectivity index (χ0) is 11.8. The van der Waals surface area contributed by atoms with Crippen molar-refractivity contribution < 1.29 is 0 Å². The molecule has 1 aromatic carbocycles. The molecule has 0 spiro atoms. The third-order valence-electron chi connectivity index (χ3n) is 2.56. The molecule has 0 saturated heterocycles. The summed E-state index contributed by atoms with van der Waals surface area (Å²) in [5.41, 5.74) is 1.47. The van der Waals surface area contributed by atoms with Crippen molar-refractivity contribution in [2.24, 2.45) is 0 Å². The van der Waals surface area contributed by atoms with Crippen molar-refractivity contribution in [2.45, 2.75) is 0 Å². The number of pyridine rings is 1. The van der Waals surface area contributed by atoms with Gasteiger partial charge in [0.2, 0.25) is 0 Å². The van der Waals surface area contributed by atoms with E-state index in [9.17, 15) is 4.79 Å². The van der Waals surface area contributed by atoms with E-state index in [0.29, 0.717) is 11.5 Å². The molecule has 0 fully saturated rings. The van der Waals surface area contributed by atoms with E-state index < -0.39 is 0 Å². The fourth-order valence-electron chi connectivity index (χ4n) is 1.78. The Morgan fingerprint density at radius 3 is 2.76 bits per heavy atom. The van der Waals surface area contributed by atoms with Crippen LogP contribution in [0.25, 0.3) is 17.0 Å². The first-order chi connectivity index (χ1) is 8.27. The van der Waals surface area contributed by atoms with Crippen molar-refractivity contribution in [1.29, 1.82) is 0 Å². The summed E-state index contributed by atoms with van der Waals surface area (Å²) >= 11 is 3.46. The number of nitrogens with one attached hydrogen (secondary N) is 1. The minimum Gasteiger partial charge on any atom is -0.269 e. The molecule has 17 heavy (non-hydrogen) atoms. The Labute approximate surface area is 105 Å². The molecule has 2 aromatic heterocycles. The highest BCUT2D eigenvalue weighted by molar-refractivity contribution is 9.10. The number of rotatable bonds is 1. The Balaban J connectivity index is 2.40. The van der Waals surface area contributed by atoms with E-state index in [1.165, 1.54) is 6.07 Å². The fourth-order valence-corrected chi connectivity index (χ4v) is 2.24. The van der Waals surface area contributed by atoms with Gasteiger partial charge in [0.25, 0.3) is 5.56 Å². The summed E-state index contributed by atoms with van der Waals surface area (Å²) in [6, 6.07) is 12.7. The van der Waals surface area contributed by atoms with Crippen LogP contribution in [-0.2, 0) is 0 Å². The molecule has 3 rings (SSSR count). The zero-order valence-corrected chi connectivity index (χ0v) is 10.3. The average molecular weight is 290 g/mol. The predicted octanol–water partition coefficient (Wildman–Crippen LogP) is 2.45. The maximum absolute atomic E-state index is 11.8. The minimum absolute atomic E-state index is 0.0954. The van der Waals surface area contributed by atoms with Crippen molar-refractivity contribution in [2.75, 3.05) is 0 Å². The van der Waals surface area contributed by atoms with Crippen molar-refractivity contribution in [3.05, 3.63) is 57.3 Å². The maximum Gasteiger partial charge on any atom is 0.257 e. The van der Waals surface area contributed by atoms with Gasteiger partial charge >= 0.3 is 0 Å². The van der Waals surface area contributed by atoms with Gasteiger partial charge in [0, 0.05) is 16.1 Å². The molecule has 84 valence electrons. The molecule has 0 atom stereocenters. The summed E-state index contributed by atoms with van der Waals surface area (Å²) in [7, 11) is 0. The zero-order valence-electron chi connectivity index (χ0n) is 8.72. The highest BCUT2D eigenvalue weighted by atomic mass is 79.9. The molecule has 0 saturated carbocycles. The second kappa shape index (κ2) is 3.85. The minimum atomic E-state index is -0.0954. The standard InChI is InChI=1S/C12H8BrN3O/c13-9-5-2-1-4-8(9)12-15-14-10-6-3-7-11(17)16(10)12/h1-7,14H. The van der Waals surface area contributed by atoms with Gasteiger partial charge in [-0.3, -0.25) is 9.89 Å². The molecule has 0 aliphatic heterocycles. The number of hydrogen-bond donors (Lipinski definition) is 1. The Kier molecular flexibility index (Phi) is 2.33. The van der Waals surface area contributed by atoms with Crippen molar-refractivity contribution >= 4 is 21.6 Å². The number of fused-ring (bicyclic) bond motifs is 1. The van der Waals surface area contributed by atoms with E-state index in [0.717, 1.165) is 10.0 Å². The van der Waals surface area contributed by atoms with Gasteiger partial charge in [-0.2, -0.15) is 5.10 Å². The van der Waals surface area contributed by atoms with E-state index in [4.69, 9.17) is 0 Å². The fraction of sp³-hybridized carbons (Fsp3) is 0. The second-order valence-electron chi connectivity index (χ2n) is 3.61. The third-order valence-corrected chi connectivity index (χ3v) is 3.25. The van der Waals surface area contributed by atoms with Gasteiger partial charge in [-0.1, -0.05) is 40.2 Å². The first-order valence-electron chi connectivity index (χ1n) is 5.08. The number of aromatic nitrogens is 3. The molecule has 0 unspecified atom stereocenters. The van der Waals surface area contributed by atoms with Crippen LogP contribution in [0.3, 0.4) is 0 Å². The lowest BCUT2D eigenvalue weighted by Crippen LogP contribution is -2.11. The van der Waals surface area contributed by atoms with Crippen LogP contribution >= 0.6 is 15.9 Å². The second-order valence-corrected chi connectivity index (χ2v) is 4.47. The van der Waals surface area contributed by atoms with E-state index in [2.05, 4.69) is 26.1 Å². The summed E-state index contributed by atoms with van der Waals surface area (Å²) in [5.74, 6) is 0.609. The summed E-state index contributed by atoms with van der Waals surface area (Å²) in [5, 5.41) is 7.04. The number of H-pyrrole nitrogens is 1. The Morgan fingerprint density at radius 1 is 1.12 bits per heavy atom. The molecule has 2 heterocycles. The topological polar surface area (TPSA) is 50.2 Å². The largest absolute Gasteiger partial charge is 0.269 e. The number of aromatic amines is 1. The molecule has 0 amide bonds. The molecule has 4 nitrogen and oxygen atoms in total. The molecule has 0 aliphatic rings. The number of hydrogen-bond acceptors (Lipinski definition) is 2. The van der Waals surface area contributed by atoms with Gasteiger partial charge < -0.3 is 0 Å². The monoisotopic (exact) mass is 289 g/mol. The van der Waals surface area contributed by atoms with E-state index in [-0.39, 0.29) is 5.56 Å². The lowest BCUT2D eigenvalue weighted by atomic mass is 10.2. The van der Waals surface area contributed by atoms with E-state index in [1.807, 2.05) is 30.3 Å². The third kappa shape index (κ3) is 1.59. The van der Waals surface area contributed by atoms with Gasteiger partial charge in [0.1, 0.15) is 5.65 Å². The van der Waals surface area contributed by atoms with Crippen molar-refractivity contribution in [3.8, 4) is 11.4 Å². The molecule has 5 heteroatoms. The molecule has 0 radical (unpaired) electrons. The van der Waals surface area contributed by atoms with Crippen LogP contribution in [0.2, 0.25) is 0 Å². The van der Waals surface area contributed by atoms with Gasteiger partial charge in [-0.05, 0) is 12.1 Å². The number of nitrogens with zero attached hydrogens (tertiary/aromatic N) is 2. The van der Waals surface area contributed by atoms with Crippen molar-refractivity contribution in [1.82, 2.24) is 14.6 Å². The number of halogens is 1. The molecule has 1 N–H and O–H groups in total. The van der Waals surface area contributed by atoms with E-state index >= 15 is 0 Å². The van der Waals surface area contributed by atoms with E-state index in [1.54, 1.807) is 10.5 Å². The molecular weight excluding hydrogens is 282 g/mol. The van der Waals surface area contributed by atoms with Gasteiger partial charge in [-0.25, -0.2) is 4.40 Å². The van der Waals surface area contributed by atoms with Crippen LogP contribution in [0.5, 0.6) is 0 Å². The molecule has 0 bridgehead atoms. The quantitative estimate of drug-likeness (QED) is 0.748. The normalized spacial score (nSPS) is 10.9. The first-order valence-corrected chi connectivity index (χ1v) is 5.88. The highest BCUT2D eigenvalue weighted by Gasteiger charge is 2.10. The smallest absolute Gasteiger partial charge is 0.257 e. The van der Waals surface area contributed by atoms with Crippen LogP contribution in [0.15, 0.2) is 51.7 Å². The van der Waals surface area contributed by atoms with Crippen LogP contribution in [0, 0.1) is 0 Å². The van der Waals surface area contributed by atoms with Crippen LogP contribution < -0.4 is 5.56 Å². The summed E-state index contributed by atoms with van der Waals surface area (Å²) < 4.78 is 2.46. The SMILES string of the molecule is O=c1cccc2[nH]nc(-c3ccccc3Br)n12. The average Bonchev–Trinajstić information content (AvgIpc) is 2.75. The Bertz CT molecular complexity index is 745. The summed E-state index contributed by atoms with van der Waals surface area (Å²) in [4.78, 5) is 11.8. The van der Waals surface area contributed by atoms with Gasteiger partial charge in [0.05, 0.1) is 0 Å². The van der Waals surface area contributed by atoms with Crippen LogP contribution in [-0.4, -0.2) is 14.6 Å². The van der Waals surface area contributed by atoms with Crippen LogP contribution in [0.1, 0.15) is 0 Å².